The Balaban J connectivity index is 1.89. The number of carbonyl (C=O) groups is 1. The monoisotopic (exact) mass is 394 g/mol. The number of hydrogen-bond donors (Lipinski definition) is 1. The van der Waals surface area contributed by atoms with E-state index < -0.39 is 10.0 Å². The molecule has 1 aromatic carbocycles. The molecular weight excluding hydrogens is 360 g/mol. The van der Waals surface area contributed by atoms with Crippen LogP contribution in [0.1, 0.15) is 55.9 Å². The topological polar surface area (TPSA) is 66.5 Å². The number of hydrogen-bond acceptors (Lipinski definition) is 3. The third kappa shape index (κ3) is 5.79. The molecule has 0 aromatic heterocycles. The predicted octanol–water partition coefficient (Wildman–Crippen LogP) is 2.93. The molecule has 0 bridgehead atoms. The van der Waals surface area contributed by atoms with Gasteiger partial charge in [0.1, 0.15) is 0 Å². The molecule has 1 amide bonds. The zero-order valence-electron chi connectivity index (χ0n) is 17.6. The molecule has 0 saturated carbocycles. The van der Waals surface area contributed by atoms with Crippen LogP contribution in [0.4, 0.5) is 0 Å². The van der Waals surface area contributed by atoms with E-state index in [9.17, 15) is 13.2 Å². The number of sulfonamides is 1. The van der Waals surface area contributed by atoms with Crippen molar-refractivity contribution in [1.82, 2.24) is 9.62 Å². The van der Waals surface area contributed by atoms with Gasteiger partial charge in [0.2, 0.25) is 15.9 Å². The summed E-state index contributed by atoms with van der Waals surface area (Å²) >= 11 is 0. The second-order valence-electron chi connectivity index (χ2n) is 8.82. The van der Waals surface area contributed by atoms with Crippen molar-refractivity contribution < 1.29 is 13.2 Å². The zero-order valence-corrected chi connectivity index (χ0v) is 18.4. The predicted molar refractivity (Wildman–Crippen MR) is 110 cm³/mol. The smallest absolute Gasteiger partial charge is 0.223 e. The quantitative estimate of drug-likeness (QED) is 0.835. The second kappa shape index (κ2) is 8.31. The van der Waals surface area contributed by atoms with Gasteiger partial charge in [0.25, 0.3) is 0 Å². The second-order valence-corrected chi connectivity index (χ2v) is 10.8. The number of benzene rings is 1. The number of nitrogens with one attached hydrogen (secondary N) is 1. The number of nitrogens with zero attached hydrogens (tertiary/aromatic N) is 1. The molecule has 0 atom stereocenters. The minimum Gasteiger partial charge on any atom is -0.356 e. The van der Waals surface area contributed by atoms with Crippen molar-refractivity contribution >= 4 is 15.9 Å². The fourth-order valence-corrected chi connectivity index (χ4v) is 4.60. The van der Waals surface area contributed by atoms with E-state index in [1.54, 1.807) is 0 Å². The van der Waals surface area contributed by atoms with Crippen LogP contribution in [0.2, 0.25) is 0 Å². The highest BCUT2D eigenvalue weighted by atomic mass is 32.2. The molecule has 27 heavy (non-hydrogen) atoms. The molecule has 5 nitrogen and oxygen atoms in total. The molecule has 1 saturated heterocycles. The number of carbonyl (C=O) groups excluding carboxylic acids is 1. The summed E-state index contributed by atoms with van der Waals surface area (Å²) in [5.41, 5.74) is 5.31. The van der Waals surface area contributed by atoms with Gasteiger partial charge in [-0.3, -0.25) is 4.79 Å². The Bertz CT molecular complexity index is 763. The lowest BCUT2D eigenvalue weighted by Gasteiger charge is -2.29. The van der Waals surface area contributed by atoms with Crippen molar-refractivity contribution in [3.8, 4) is 0 Å². The van der Waals surface area contributed by atoms with Crippen molar-refractivity contribution in [3.05, 3.63) is 34.4 Å². The van der Waals surface area contributed by atoms with Crippen LogP contribution in [0.15, 0.2) is 12.1 Å². The molecule has 0 aliphatic carbocycles. The fraction of sp³-hybridized carbons (Fsp3) is 0.667. The Morgan fingerprint density at radius 1 is 1.15 bits per heavy atom. The highest BCUT2D eigenvalue weighted by Gasteiger charge is 2.28. The summed E-state index contributed by atoms with van der Waals surface area (Å²) in [6, 6.07) is 4.51. The molecule has 1 heterocycles. The Labute approximate surface area is 164 Å². The summed E-state index contributed by atoms with van der Waals surface area (Å²) < 4.78 is 24.6. The van der Waals surface area contributed by atoms with Gasteiger partial charge in [0, 0.05) is 25.6 Å². The van der Waals surface area contributed by atoms with Crippen molar-refractivity contribution in [1.29, 1.82) is 0 Å². The molecule has 0 unspecified atom stereocenters. The molecule has 0 radical (unpaired) electrons. The Morgan fingerprint density at radius 2 is 1.67 bits per heavy atom. The maximum atomic E-state index is 12.4. The third-order valence-corrected chi connectivity index (χ3v) is 6.83. The molecule has 1 N–H and O–H groups in total. The summed E-state index contributed by atoms with van der Waals surface area (Å²) in [4.78, 5) is 12.4. The van der Waals surface area contributed by atoms with E-state index in [1.807, 2.05) is 0 Å². The van der Waals surface area contributed by atoms with Crippen LogP contribution in [-0.2, 0) is 26.7 Å². The molecule has 1 fully saturated rings. The van der Waals surface area contributed by atoms with Gasteiger partial charge in [0.05, 0.1) is 6.26 Å². The molecular formula is C21H34N2O3S. The molecule has 2 rings (SSSR count). The Morgan fingerprint density at radius 3 is 2.11 bits per heavy atom. The first kappa shape index (κ1) is 21.9. The summed E-state index contributed by atoms with van der Waals surface area (Å²) in [6.45, 7) is 12.4. The van der Waals surface area contributed by atoms with Gasteiger partial charge in [-0.05, 0) is 60.8 Å². The average Bonchev–Trinajstić information content (AvgIpc) is 2.55. The van der Waals surface area contributed by atoms with Crippen LogP contribution in [-0.4, -0.2) is 44.5 Å². The van der Waals surface area contributed by atoms with Gasteiger partial charge in [-0.25, -0.2) is 12.7 Å². The summed E-state index contributed by atoms with van der Waals surface area (Å²) in [7, 11) is -3.15. The fourth-order valence-electron chi connectivity index (χ4n) is 3.73. The van der Waals surface area contributed by atoms with Gasteiger partial charge < -0.3 is 5.32 Å². The van der Waals surface area contributed by atoms with Gasteiger partial charge in [-0.2, -0.15) is 0 Å². The van der Waals surface area contributed by atoms with Gasteiger partial charge in [0.15, 0.2) is 0 Å². The van der Waals surface area contributed by atoms with Crippen LogP contribution in [0.25, 0.3) is 0 Å². The highest BCUT2D eigenvalue weighted by molar-refractivity contribution is 7.88. The highest BCUT2D eigenvalue weighted by Crippen LogP contribution is 2.27. The molecule has 1 aliphatic rings. The van der Waals surface area contributed by atoms with E-state index in [4.69, 9.17) is 0 Å². The lowest BCUT2D eigenvalue weighted by atomic mass is 9.83. The number of rotatable bonds is 5. The normalized spacial score (nSPS) is 17.1. The first-order valence-corrected chi connectivity index (χ1v) is 11.6. The SMILES string of the molecule is Cc1cc(C(C)(C)C)cc(C)c1CCNC(=O)C1CCN(S(C)(=O)=O)CC1. The van der Waals surface area contributed by atoms with E-state index in [2.05, 4.69) is 52.1 Å². The van der Waals surface area contributed by atoms with E-state index in [-0.39, 0.29) is 17.2 Å². The summed E-state index contributed by atoms with van der Waals surface area (Å²) in [5, 5.41) is 3.05. The largest absolute Gasteiger partial charge is 0.356 e. The summed E-state index contributed by atoms with van der Waals surface area (Å²) in [6.07, 6.45) is 3.23. The number of amides is 1. The van der Waals surface area contributed by atoms with Crippen molar-refractivity contribution in [2.75, 3.05) is 25.9 Å². The lowest BCUT2D eigenvalue weighted by Crippen LogP contribution is -2.42. The van der Waals surface area contributed by atoms with E-state index >= 15 is 0 Å². The molecule has 1 aromatic rings. The van der Waals surface area contributed by atoms with Crippen LogP contribution >= 0.6 is 0 Å². The Kier molecular flexibility index (Phi) is 6.74. The first-order chi connectivity index (χ1) is 12.4. The van der Waals surface area contributed by atoms with Crippen molar-refractivity contribution in [3.63, 3.8) is 0 Å². The van der Waals surface area contributed by atoms with Crippen molar-refractivity contribution in [2.45, 2.75) is 59.3 Å². The van der Waals surface area contributed by atoms with E-state index in [1.165, 1.54) is 32.8 Å². The average molecular weight is 395 g/mol. The molecule has 6 heteroatoms. The number of piperidine rings is 1. The van der Waals surface area contributed by atoms with Gasteiger partial charge in [-0.15, -0.1) is 0 Å². The maximum absolute atomic E-state index is 12.4. The lowest BCUT2D eigenvalue weighted by molar-refractivity contribution is -0.126. The molecule has 1 aliphatic heterocycles. The van der Waals surface area contributed by atoms with Gasteiger partial charge in [-0.1, -0.05) is 32.9 Å². The van der Waals surface area contributed by atoms with Crippen LogP contribution in [0, 0.1) is 19.8 Å². The number of aryl methyl sites for hydroxylation is 2. The van der Waals surface area contributed by atoms with Crippen molar-refractivity contribution in [2.24, 2.45) is 5.92 Å². The minimum absolute atomic E-state index is 0.0461. The van der Waals surface area contributed by atoms with E-state index in [0.29, 0.717) is 32.5 Å². The van der Waals surface area contributed by atoms with E-state index in [0.717, 1.165) is 6.42 Å². The summed E-state index contributed by atoms with van der Waals surface area (Å²) in [5.74, 6) is -0.0433. The van der Waals surface area contributed by atoms with Gasteiger partial charge >= 0.3 is 0 Å². The van der Waals surface area contributed by atoms with Crippen LogP contribution < -0.4 is 5.32 Å². The maximum Gasteiger partial charge on any atom is 0.223 e. The Hall–Kier alpha value is -1.40. The molecule has 0 spiro atoms. The zero-order chi connectivity index (χ0) is 20.4. The standard InChI is InChI=1S/C21H34N2O3S/c1-15-13-18(21(3,4)5)14-16(2)19(15)7-10-22-20(24)17-8-11-23(12-9-17)27(6,25)26/h13-14,17H,7-12H2,1-6H3,(H,22,24). The van der Waals surface area contributed by atoms with Crippen LogP contribution in [0.5, 0.6) is 0 Å². The molecule has 152 valence electrons. The minimum atomic E-state index is -3.15. The third-order valence-electron chi connectivity index (χ3n) is 5.53. The van der Waals surface area contributed by atoms with Crippen LogP contribution in [0.3, 0.4) is 0 Å². The first-order valence-electron chi connectivity index (χ1n) is 9.73.